The number of rotatable bonds is 3. The standard InChI is InChI=1S/C20H18FN3O2/c21-15-9-7-14(8-10-15)17-6-3-11-23(17)20(26)13-24-18-5-2-1-4-16(18)22-12-19(24)25/h1-2,4-5,7-10,12,17H,3,6,11,13H2. The van der Waals surface area contributed by atoms with E-state index in [-0.39, 0.29) is 29.9 Å². The van der Waals surface area contributed by atoms with E-state index in [2.05, 4.69) is 4.98 Å². The van der Waals surface area contributed by atoms with E-state index in [0.29, 0.717) is 17.6 Å². The number of aromatic nitrogens is 2. The van der Waals surface area contributed by atoms with Gasteiger partial charge in [-0.05, 0) is 42.7 Å². The summed E-state index contributed by atoms with van der Waals surface area (Å²) in [6, 6.07) is 13.5. The summed E-state index contributed by atoms with van der Waals surface area (Å²) in [6.07, 6.45) is 2.97. The Morgan fingerprint density at radius 3 is 2.73 bits per heavy atom. The maximum Gasteiger partial charge on any atom is 0.269 e. The Labute approximate surface area is 149 Å². The molecule has 0 aliphatic carbocycles. The molecule has 1 saturated heterocycles. The van der Waals surface area contributed by atoms with Gasteiger partial charge in [-0.15, -0.1) is 0 Å². The first-order valence-corrected chi connectivity index (χ1v) is 8.63. The van der Waals surface area contributed by atoms with Crippen molar-refractivity contribution in [2.75, 3.05) is 6.54 Å². The number of benzene rings is 2. The van der Waals surface area contributed by atoms with Gasteiger partial charge in [-0.3, -0.25) is 14.2 Å². The van der Waals surface area contributed by atoms with Crippen LogP contribution >= 0.6 is 0 Å². The molecule has 2 heterocycles. The lowest BCUT2D eigenvalue weighted by Gasteiger charge is -2.25. The van der Waals surface area contributed by atoms with Gasteiger partial charge in [-0.25, -0.2) is 9.37 Å². The zero-order chi connectivity index (χ0) is 18.1. The van der Waals surface area contributed by atoms with Crippen molar-refractivity contribution in [1.82, 2.24) is 14.5 Å². The first-order chi connectivity index (χ1) is 12.6. The summed E-state index contributed by atoms with van der Waals surface area (Å²) in [7, 11) is 0. The second-order valence-electron chi connectivity index (χ2n) is 6.47. The van der Waals surface area contributed by atoms with Gasteiger partial charge < -0.3 is 4.90 Å². The average molecular weight is 351 g/mol. The molecular formula is C20H18FN3O2. The lowest BCUT2D eigenvalue weighted by molar-refractivity contribution is -0.132. The van der Waals surface area contributed by atoms with Gasteiger partial charge in [0.25, 0.3) is 5.56 Å². The molecule has 3 aromatic rings. The van der Waals surface area contributed by atoms with Crippen molar-refractivity contribution >= 4 is 16.9 Å². The monoisotopic (exact) mass is 351 g/mol. The largest absolute Gasteiger partial charge is 0.334 e. The van der Waals surface area contributed by atoms with Gasteiger partial charge in [0.15, 0.2) is 0 Å². The van der Waals surface area contributed by atoms with Crippen LogP contribution in [0.25, 0.3) is 11.0 Å². The van der Waals surface area contributed by atoms with E-state index in [1.54, 1.807) is 23.1 Å². The summed E-state index contributed by atoms with van der Waals surface area (Å²) < 4.78 is 14.6. The van der Waals surface area contributed by atoms with Gasteiger partial charge in [-0.2, -0.15) is 0 Å². The van der Waals surface area contributed by atoms with E-state index in [1.165, 1.54) is 22.9 Å². The third-order valence-electron chi connectivity index (χ3n) is 4.87. The molecule has 1 fully saturated rings. The van der Waals surface area contributed by atoms with E-state index in [1.807, 2.05) is 18.2 Å². The fourth-order valence-corrected chi connectivity index (χ4v) is 3.60. The molecule has 1 aromatic heterocycles. The van der Waals surface area contributed by atoms with Gasteiger partial charge >= 0.3 is 0 Å². The van der Waals surface area contributed by atoms with Crippen LogP contribution in [0.4, 0.5) is 4.39 Å². The summed E-state index contributed by atoms with van der Waals surface area (Å²) >= 11 is 0. The third kappa shape index (κ3) is 2.98. The van der Waals surface area contributed by atoms with E-state index >= 15 is 0 Å². The first-order valence-electron chi connectivity index (χ1n) is 8.63. The number of likely N-dealkylation sites (tertiary alicyclic amines) is 1. The summed E-state index contributed by atoms with van der Waals surface area (Å²) in [5, 5.41) is 0. The Hall–Kier alpha value is -3.02. The zero-order valence-corrected chi connectivity index (χ0v) is 14.1. The summed E-state index contributed by atoms with van der Waals surface area (Å²) in [6.45, 7) is 0.609. The molecule has 0 bridgehead atoms. The molecule has 0 N–H and O–H groups in total. The van der Waals surface area contributed by atoms with E-state index < -0.39 is 0 Å². The fraction of sp³-hybridized carbons (Fsp3) is 0.250. The summed E-state index contributed by atoms with van der Waals surface area (Å²) in [4.78, 5) is 31.1. The maximum absolute atomic E-state index is 13.2. The van der Waals surface area contributed by atoms with Crippen LogP contribution in [0.5, 0.6) is 0 Å². The van der Waals surface area contributed by atoms with Crippen LogP contribution in [0.2, 0.25) is 0 Å². The lowest BCUT2D eigenvalue weighted by Crippen LogP contribution is -2.36. The predicted octanol–water partition coefficient (Wildman–Crippen LogP) is 2.90. The van der Waals surface area contributed by atoms with Crippen molar-refractivity contribution < 1.29 is 9.18 Å². The molecule has 4 rings (SSSR count). The highest BCUT2D eigenvalue weighted by atomic mass is 19.1. The molecular weight excluding hydrogens is 333 g/mol. The van der Waals surface area contributed by atoms with Crippen LogP contribution < -0.4 is 5.56 Å². The lowest BCUT2D eigenvalue weighted by atomic mass is 10.0. The van der Waals surface area contributed by atoms with Crippen LogP contribution in [0.3, 0.4) is 0 Å². The number of nitrogens with zero attached hydrogens (tertiary/aromatic N) is 3. The second-order valence-corrected chi connectivity index (χ2v) is 6.47. The number of para-hydroxylation sites is 2. The van der Waals surface area contributed by atoms with Gasteiger partial charge in [0.05, 0.1) is 23.3 Å². The molecule has 26 heavy (non-hydrogen) atoms. The molecule has 1 unspecified atom stereocenters. The van der Waals surface area contributed by atoms with Crippen molar-refractivity contribution in [2.24, 2.45) is 0 Å². The molecule has 0 saturated carbocycles. The van der Waals surface area contributed by atoms with Gasteiger partial charge in [0.1, 0.15) is 12.4 Å². The normalized spacial score (nSPS) is 17.0. The van der Waals surface area contributed by atoms with E-state index in [0.717, 1.165) is 18.4 Å². The Kier molecular flexibility index (Phi) is 4.24. The Balaban J connectivity index is 1.63. The number of amides is 1. The summed E-state index contributed by atoms with van der Waals surface area (Å²) in [5.74, 6) is -0.408. The highest BCUT2D eigenvalue weighted by molar-refractivity contribution is 5.80. The number of carbonyl (C=O) groups is 1. The number of carbonyl (C=O) groups excluding carboxylic acids is 1. The molecule has 5 nitrogen and oxygen atoms in total. The third-order valence-corrected chi connectivity index (χ3v) is 4.87. The molecule has 132 valence electrons. The molecule has 0 spiro atoms. The van der Waals surface area contributed by atoms with Gasteiger partial charge in [-0.1, -0.05) is 24.3 Å². The first kappa shape index (κ1) is 16.4. The minimum absolute atomic E-state index is 0.0282. The highest BCUT2D eigenvalue weighted by Crippen LogP contribution is 2.32. The van der Waals surface area contributed by atoms with Crippen LogP contribution in [0.1, 0.15) is 24.4 Å². The van der Waals surface area contributed by atoms with Crippen LogP contribution in [0, 0.1) is 5.82 Å². The quantitative estimate of drug-likeness (QED) is 0.729. The second kappa shape index (κ2) is 6.71. The van der Waals surface area contributed by atoms with Crippen LogP contribution in [-0.2, 0) is 11.3 Å². The maximum atomic E-state index is 13.2. The highest BCUT2D eigenvalue weighted by Gasteiger charge is 2.30. The van der Waals surface area contributed by atoms with Gasteiger partial charge in [0.2, 0.25) is 5.91 Å². The van der Waals surface area contributed by atoms with Crippen LogP contribution in [0.15, 0.2) is 59.5 Å². The van der Waals surface area contributed by atoms with Crippen molar-refractivity contribution in [3.63, 3.8) is 0 Å². The minimum Gasteiger partial charge on any atom is -0.334 e. The average Bonchev–Trinajstić information content (AvgIpc) is 3.14. The molecule has 1 aliphatic heterocycles. The van der Waals surface area contributed by atoms with Gasteiger partial charge in [0, 0.05) is 6.54 Å². The Bertz CT molecular complexity index is 1010. The van der Waals surface area contributed by atoms with Crippen molar-refractivity contribution in [3.8, 4) is 0 Å². The van der Waals surface area contributed by atoms with E-state index in [9.17, 15) is 14.0 Å². The number of hydrogen-bond acceptors (Lipinski definition) is 3. The molecule has 2 aromatic carbocycles. The fourth-order valence-electron chi connectivity index (χ4n) is 3.60. The van der Waals surface area contributed by atoms with Crippen molar-refractivity contribution in [2.45, 2.75) is 25.4 Å². The van der Waals surface area contributed by atoms with Crippen molar-refractivity contribution in [1.29, 1.82) is 0 Å². The molecule has 6 heteroatoms. The van der Waals surface area contributed by atoms with Crippen LogP contribution in [-0.4, -0.2) is 26.9 Å². The van der Waals surface area contributed by atoms with Crippen molar-refractivity contribution in [3.05, 3.63) is 76.5 Å². The zero-order valence-electron chi connectivity index (χ0n) is 14.1. The predicted molar refractivity (Wildman–Crippen MR) is 96.1 cm³/mol. The molecule has 1 amide bonds. The number of hydrogen-bond donors (Lipinski definition) is 0. The number of fused-ring (bicyclic) bond motifs is 1. The molecule has 1 atom stereocenters. The minimum atomic E-state index is -0.297. The topological polar surface area (TPSA) is 55.2 Å². The summed E-state index contributed by atoms with van der Waals surface area (Å²) in [5.41, 5.74) is 1.95. The number of halogens is 1. The molecule has 0 radical (unpaired) electrons. The SMILES string of the molecule is O=C(Cn1c(=O)cnc2ccccc21)N1CCCC1c1ccc(F)cc1. The van der Waals surface area contributed by atoms with E-state index in [4.69, 9.17) is 0 Å². The molecule has 1 aliphatic rings. The Morgan fingerprint density at radius 2 is 1.92 bits per heavy atom. The Morgan fingerprint density at radius 1 is 1.15 bits per heavy atom. The smallest absolute Gasteiger partial charge is 0.269 e.